The zero-order valence-electron chi connectivity index (χ0n) is 23.6. The highest BCUT2D eigenvalue weighted by atomic mass is 32.2. The minimum Gasteiger partial charge on any atom is -0.496 e. The van der Waals surface area contributed by atoms with Gasteiger partial charge in [-0.3, -0.25) is 0 Å². The Bertz CT molecular complexity index is 899. The van der Waals surface area contributed by atoms with Crippen LogP contribution in [0.2, 0.25) is 0 Å². The summed E-state index contributed by atoms with van der Waals surface area (Å²) >= 11 is 1.97. The van der Waals surface area contributed by atoms with Crippen molar-refractivity contribution in [2.45, 2.75) is 115 Å². The normalized spacial score (nSPS) is 16.5. The van der Waals surface area contributed by atoms with Crippen molar-refractivity contribution in [2.75, 3.05) is 14.2 Å². The lowest BCUT2D eigenvalue weighted by Gasteiger charge is -2.24. The molecule has 1 aliphatic heterocycles. The van der Waals surface area contributed by atoms with Gasteiger partial charge < -0.3 is 9.47 Å². The molecule has 3 rings (SSSR count). The van der Waals surface area contributed by atoms with Crippen molar-refractivity contribution in [1.82, 2.24) is 0 Å². The molecule has 0 spiro atoms. The summed E-state index contributed by atoms with van der Waals surface area (Å²) in [6.07, 6.45) is 9.89. The Balaban J connectivity index is 2.02. The first-order chi connectivity index (χ1) is 16.5. The van der Waals surface area contributed by atoms with Crippen LogP contribution in [0.1, 0.15) is 113 Å². The Morgan fingerprint density at radius 1 is 0.543 bits per heavy atom. The molecule has 0 aromatic heterocycles. The maximum Gasteiger partial charge on any atom is 0.126 e. The van der Waals surface area contributed by atoms with E-state index in [1.54, 1.807) is 0 Å². The third-order valence-corrected chi connectivity index (χ3v) is 8.31. The summed E-state index contributed by atoms with van der Waals surface area (Å²) in [4.78, 5) is 0. The number of ether oxygens (including phenoxy) is 2. The van der Waals surface area contributed by atoms with Crippen LogP contribution in [-0.2, 0) is 35.2 Å². The van der Waals surface area contributed by atoms with Crippen molar-refractivity contribution in [2.24, 2.45) is 0 Å². The summed E-state index contributed by atoms with van der Waals surface area (Å²) in [7, 11) is 3.68. The smallest absolute Gasteiger partial charge is 0.126 e. The fourth-order valence-corrected chi connectivity index (χ4v) is 6.06. The van der Waals surface area contributed by atoms with Crippen LogP contribution in [0.4, 0.5) is 0 Å². The van der Waals surface area contributed by atoms with E-state index in [0.29, 0.717) is 0 Å². The Hall–Kier alpha value is -1.61. The molecule has 2 aromatic rings. The first-order valence-electron chi connectivity index (χ1n) is 13.5. The van der Waals surface area contributed by atoms with E-state index in [-0.39, 0.29) is 10.8 Å². The van der Waals surface area contributed by atoms with Gasteiger partial charge in [0.05, 0.1) is 14.2 Å². The van der Waals surface area contributed by atoms with E-state index in [1.165, 1.54) is 71.9 Å². The van der Waals surface area contributed by atoms with Crippen molar-refractivity contribution < 1.29 is 9.47 Å². The van der Waals surface area contributed by atoms with E-state index >= 15 is 0 Å². The highest BCUT2D eigenvalue weighted by Crippen LogP contribution is 2.38. The van der Waals surface area contributed by atoms with Crippen molar-refractivity contribution in [3.63, 3.8) is 0 Å². The van der Waals surface area contributed by atoms with Crippen LogP contribution in [-0.4, -0.2) is 14.2 Å². The Morgan fingerprint density at radius 3 is 1.23 bits per heavy atom. The zero-order chi connectivity index (χ0) is 25.6. The average molecular weight is 497 g/mol. The van der Waals surface area contributed by atoms with Crippen molar-refractivity contribution >= 4 is 11.8 Å². The summed E-state index contributed by atoms with van der Waals surface area (Å²) in [5.74, 6) is 4.09. The maximum atomic E-state index is 6.02. The number of rotatable bonds is 2. The second kappa shape index (κ2) is 12.1. The number of hydrogen-bond acceptors (Lipinski definition) is 3. The molecule has 0 saturated heterocycles. The van der Waals surface area contributed by atoms with Gasteiger partial charge in [-0.2, -0.15) is 11.8 Å². The van der Waals surface area contributed by atoms with Crippen LogP contribution in [0.15, 0.2) is 24.3 Å². The fourth-order valence-electron chi connectivity index (χ4n) is 5.09. The molecule has 35 heavy (non-hydrogen) atoms. The van der Waals surface area contributed by atoms with E-state index in [9.17, 15) is 0 Å². The van der Waals surface area contributed by atoms with E-state index in [1.807, 2.05) is 26.0 Å². The topological polar surface area (TPSA) is 18.5 Å². The van der Waals surface area contributed by atoms with Gasteiger partial charge in [-0.15, -0.1) is 0 Å². The molecule has 4 bridgehead atoms. The van der Waals surface area contributed by atoms with Gasteiger partial charge in [0.25, 0.3) is 0 Å². The summed E-state index contributed by atoms with van der Waals surface area (Å²) in [6, 6.07) is 9.59. The molecule has 0 fully saturated rings. The number of methoxy groups -OCH3 is 2. The minimum atomic E-state index is 0.123. The number of aryl methyl sites for hydroxylation is 2. The highest BCUT2D eigenvalue weighted by molar-refractivity contribution is 7.97. The molecule has 0 atom stereocenters. The molecule has 0 unspecified atom stereocenters. The summed E-state index contributed by atoms with van der Waals surface area (Å²) in [5.41, 5.74) is 8.50. The van der Waals surface area contributed by atoms with Crippen molar-refractivity contribution in [3.8, 4) is 11.5 Å². The first kappa shape index (κ1) is 28.0. The Labute approximate surface area is 219 Å². The summed E-state index contributed by atoms with van der Waals surface area (Å²) in [5, 5.41) is 0. The maximum absolute atomic E-state index is 6.02. The molecule has 0 radical (unpaired) electrons. The first-order valence-corrected chi connectivity index (χ1v) is 14.7. The Morgan fingerprint density at radius 2 is 0.886 bits per heavy atom. The van der Waals surface area contributed by atoms with Crippen LogP contribution in [0.5, 0.6) is 11.5 Å². The minimum absolute atomic E-state index is 0.123. The summed E-state index contributed by atoms with van der Waals surface area (Å²) in [6.45, 7) is 13.9. The average Bonchev–Trinajstić information content (AvgIpc) is 2.78. The largest absolute Gasteiger partial charge is 0.496 e. The lowest BCUT2D eigenvalue weighted by Crippen LogP contribution is -2.13. The van der Waals surface area contributed by atoms with Crippen LogP contribution in [0.3, 0.4) is 0 Å². The van der Waals surface area contributed by atoms with Gasteiger partial charge in [0.2, 0.25) is 0 Å². The lowest BCUT2D eigenvalue weighted by molar-refractivity contribution is 0.404. The van der Waals surface area contributed by atoms with E-state index in [0.717, 1.165) is 35.8 Å². The molecule has 0 aliphatic carbocycles. The molecule has 2 nitrogen and oxygen atoms in total. The summed E-state index contributed by atoms with van der Waals surface area (Å²) < 4.78 is 12.0. The van der Waals surface area contributed by atoms with E-state index in [2.05, 4.69) is 65.8 Å². The predicted molar refractivity (Wildman–Crippen MR) is 153 cm³/mol. The van der Waals surface area contributed by atoms with Crippen LogP contribution < -0.4 is 9.47 Å². The molecular weight excluding hydrogens is 448 g/mol. The standard InChI is InChI=1S/C32H48O2S/c1-31(2,3)27-17-23-15-13-11-9-10-12-14-16-24-18-28(32(4,5)6)20-26(30(24)34-8)22-35-21-25(19-27)29(23)33-7/h17-20H,9-16,21-22H2,1-8H3. The van der Waals surface area contributed by atoms with Crippen LogP contribution in [0, 0.1) is 0 Å². The van der Waals surface area contributed by atoms with Crippen LogP contribution >= 0.6 is 11.8 Å². The molecule has 2 aromatic carbocycles. The van der Waals surface area contributed by atoms with Gasteiger partial charge in [0.1, 0.15) is 11.5 Å². The highest BCUT2D eigenvalue weighted by Gasteiger charge is 2.22. The van der Waals surface area contributed by atoms with Crippen molar-refractivity contribution in [3.05, 3.63) is 57.6 Å². The number of hydrogen-bond donors (Lipinski definition) is 0. The second-order valence-electron chi connectivity index (χ2n) is 12.3. The van der Waals surface area contributed by atoms with Crippen molar-refractivity contribution in [1.29, 1.82) is 0 Å². The molecule has 1 aliphatic rings. The van der Waals surface area contributed by atoms with E-state index in [4.69, 9.17) is 9.47 Å². The third kappa shape index (κ3) is 7.44. The molecule has 0 N–H and O–H groups in total. The number of fused-ring (bicyclic) bond motifs is 4. The molecule has 194 valence electrons. The Kier molecular flexibility index (Phi) is 9.66. The van der Waals surface area contributed by atoms with Gasteiger partial charge in [0, 0.05) is 22.6 Å². The number of benzene rings is 2. The van der Waals surface area contributed by atoms with Gasteiger partial charge in [-0.1, -0.05) is 91.5 Å². The monoisotopic (exact) mass is 496 g/mol. The molecule has 1 heterocycles. The van der Waals surface area contributed by atoms with Gasteiger partial charge >= 0.3 is 0 Å². The SMILES string of the molecule is COc1c2cc(C(C)(C)C)cc1CSCc1cc(C(C)(C)C)cc(c1OC)CCCCCCCC2. The lowest BCUT2D eigenvalue weighted by atomic mass is 9.84. The molecule has 0 amide bonds. The van der Waals surface area contributed by atoms with E-state index < -0.39 is 0 Å². The zero-order valence-corrected chi connectivity index (χ0v) is 24.4. The molecule has 3 heteroatoms. The van der Waals surface area contributed by atoms with Gasteiger partial charge in [-0.25, -0.2) is 0 Å². The van der Waals surface area contributed by atoms with Gasteiger partial charge in [-0.05, 0) is 58.8 Å². The quantitative estimate of drug-likeness (QED) is 0.413. The molecule has 0 saturated carbocycles. The fraction of sp³-hybridized carbons (Fsp3) is 0.625. The second-order valence-corrected chi connectivity index (χ2v) is 13.3. The third-order valence-electron chi connectivity index (χ3n) is 7.28. The van der Waals surface area contributed by atoms with Gasteiger partial charge in [0.15, 0.2) is 0 Å². The van der Waals surface area contributed by atoms with Crippen LogP contribution in [0.25, 0.3) is 0 Å². The molecular formula is C32H48O2S. The number of thioether (sulfide) groups is 1. The predicted octanol–water partition coefficient (Wildman–Crippen LogP) is 9.17.